The Morgan fingerprint density at radius 2 is 1.00 bits per heavy atom. The summed E-state index contributed by atoms with van der Waals surface area (Å²) in [5.41, 5.74) is 0. The van der Waals surface area contributed by atoms with Gasteiger partial charge in [0.15, 0.2) is 0 Å². The van der Waals surface area contributed by atoms with E-state index >= 15 is 0 Å². The third-order valence-corrected chi connectivity index (χ3v) is 0. The topological polar surface area (TPSA) is 48.6 Å². The van der Waals surface area contributed by atoms with Gasteiger partial charge in [-0.15, -0.1) is 0 Å². The van der Waals surface area contributed by atoms with Crippen LogP contribution in [0, 0.1) is 0 Å². The zero-order chi connectivity index (χ0) is 2.00. The summed E-state index contributed by atoms with van der Waals surface area (Å²) >= 11 is 1.06. The molecule has 5 heavy (non-hydrogen) atoms. The Kier molecular flexibility index (Phi) is 5350. The first kappa shape index (κ1) is 57.1. The molecular weight excluding hydrogens is 131 g/mol. The van der Waals surface area contributed by atoms with Gasteiger partial charge >= 0.3 is 20.5 Å². The second kappa shape index (κ2) is 469. The first-order chi connectivity index (χ1) is 1.00. The van der Waals surface area contributed by atoms with Crippen LogP contribution in [0.4, 0.5) is 0 Å². The van der Waals surface area contributed by atoms with E-state index in [1.807, 2.05) is 0 Å². The van der Waals surface area contributed by atoms with Crippen molar-refractivity contribution < 1.29 is 9.22 Å². The third kappa shape index (κ3) is 229. The SMILES string of the molecule is C.C.O.O=[As]. The van der Waals surface area contributed by atoms with E-state index in [-0.39, 0.29) is 20.3 Å². The fourth-order valence-electron chi connectivity index (χ4n) is 0. The van der Waals surface area contributed by atoms with Gasteiger partial charge in [-0.2, -0.15) is 0 Å². The Bertz CT molecular complexity index is 7.61. The average molecular weight is 141 g/mol. The van der Waals surface area contributed by atoms with E-state index in [1.165, 1.54) is 0 Å². The van der Waals surface area contributed by atoms with Gasteiger partial charge in [-0.05, 0) is 0 Å². The van der Waals surface area contributed by atoms with E-state index < -0.39 is 0 Å². The van der Waals surface area contributed by atoms with E-state index in [9.17, 15) is 0 Å². The van der Waals surface area contributed by atoms with Crippen molar-refractivity contribution >= 4 is 16.8 Å². The zero-order valence-corrected chi connectivity index (χ0v) is 3.23. The van der Waals surface area contributed by atoms with Crippen molar-refractivity contribution in [2.24, 2.45) is 0 Å². The monoisotopic (exact) mass is 141 g/mol. The summed E-state index contributed by atoms with van der Waals surface area (Å²) in [7, 11) is 0. The fourth-order valence-corrected chi connectivity index (χ4v) is 0. The Morgan fingerprint density at radius 3 is 1.00 bits per heavy atom. The molecule has 0 spiro atoms. The summed E-state index contributed by atoms with van der Waals surface area (Å²) in [5, 5.41) is 0. The molecule has 0 fully saturated rings. The summed E-state index contributed by atoms with van der Waals surface area (Å²) in [6.07, 6.45) is 0. The minimum absolute atomic E-state index is 0. The number of rotatable bonds is 0. The normalized spacial score (nSPS) is 0.800. The molecule has 0 saturated carbocycles. The minimum atomic E-state index is 0. The summed E-state index contributed by atoms with van der Waals surface area (Å²) < 4.78 is 8.19. The van der Waals surface area contributed by atoms with Crippen LogP contribution >= 0.6 is 0 Å². The number of hydrogen-bond acceptors (Lipinski definition) is 1. The first-order valence-corrected chi connectivity index (χ1v) is 0.949. The van der Waals surface area contributed by atoms with Gasteiger partial charge in [-0.25, -0.2) is 0 Å². The van der Waals surface area contributed by atoms with Crippen molar-refractivity contribution in [3.63, 3.8) is 0 Å². The average Bonchev–Trinajstić information content (AvgIpc) is 1.00. The van der Waals surface area contributed by atoms with Crippen LogP contribution in [-0.4, -0.2) is 22.3 Å². The van der Waals surface area contributed by atoms with Crippen molar-refractivity contribution in [3.8, 4) is 0 Å². The van der Waals surface area contributed by atoms with Crippen LogP contribution in [0.2, 0.25) is 0 Å². The van der Waals surface area contributed by atoms with Crippen LogP contribution in [-0.2, 0) is 3.74 Å². The van der Waals surface area contributed by atoms with Gasteiger partial charge in [0.05, 0.1) is 0 Å². The third-order valence-electron chi connectivity index (χ3n) is 0. The van der Waals surface area contributed by atoms with Crippen molar-refractivity contribution in [2.75, 3.05) is 0 Å². The molecular formula is C2H10AsO2. The standard InChI is InChI=1S/2CH4.AsO.H2O/c;;1-2;/h2*1H4;;1H2. The van der Waals surface area contributed by atoms with Gasteiger partial charge in [0.25, 0.3) is 0 Å². The summed E-state index contributed by atoms with van der Waals surface area (Å²) in [4.78, 5) is 0. The van der Waals surface area contributed by atoms with Crippen LogP contribution < -0.4 is 0 Å². The molecule has 2 nitrogen and oxygen atoms in total. The molecule has 0 heterocycles. The van der Waals surface area contributed by atoms with Crippen LogP contribution in [0.25, 0.3) is 0 Å². The van der Waals surface area contributed by atoms with Gasteiger partial charge in [-0.1, -0.05) is 14.9 Å². The fraction of sp³-hybridized carbons (Fsp3) is 1.00. The van der Waals surface area contributed by atoms with Crippen LogP contribution in [0.1, 0.15) is 14.9 Å². The van der Waals surface area contributed by atoms with Crippen molar-refractivity contribution in [1.29, 1.82) is 0 Å². The molecule has 35 valence electrons. The molecule has 1 radical (unpaired) electrons. The predicted octanol–water partition coefficient (Wildman–Crippen LogP) is -0.0521. The molecule has 0 unspecified atom stereocenters. The van der Waals surface area contributed by atoms with E-state index in [4.69, 9.17) is 3.74 Å². The molecule has 0 rings (SSSR count). The second-order valence-corrected chi connectivity index (χ2v) is 0. The summed E-state index contributed by atoms with van der Waals surface area (Å²) in [6, 6.07) is 0. The molecule has 0 bridgehead atoms. The molecule has 2 N–H and O–H groups in total. The molecule has 0 aliphatic carbocycles. The predicted molar refractivity (Wildman–Crippen MR) is 23.5 cm³/mol. The van der Waals surface area contributed by atoms with E-state index in [0.29, 0.717) is 0 Å². The molecule has 0 aromatic rings. The molecule has 3 heteroatoms. The van der Waals surface area contributed by atoms with Crippen molar-refractivity contribution in [3.05, 3.63) is 0 Å². The van der Waals surface area contributed by atoms with E-state index in [1.54, 1.807) is 0 Å². The maximum absolute atomic E-state index is 8.19. The van der Waals surface area contributed by atoms with Crippen LogP contribution in [0.5, 0.6) is 0 Å². The van der Waals surface area contributed by atoms with Gasteiger partial charge in [0.1, 0.15) is 0 Å². The first-order valence-electron chi connectivity index (χ1n) is 0.183. The summed E-state index contributed by atoms with van der Waals surface area (Å²) in [5.74, 6) is 0. The Balaban J connectivity index is -0.00000000167. The zero-order valence-electron chi connectivity index (χ0n) is 1.36. The van der Waals surface area contributed by atoms with Crippen molar-refractivity contribution in [1.82, 2.24) is 0 Å². The Hall–Kier alpha value is 0.318. The molecule has 0 aliphatic rings. The van der Waals surface area contributed by atoms with Gasteiger partial charge in [-0.3, -0.25) is 0 Å². The van der Waals surface area contributed by atoms with Crippen LogP contribution in [0.15, 0.2) is 0 Å². The second-order valence-electron chi connectivity index (χ2n) is 0. The molecule has 0 aromatic carbocycles. The number of hydrogen-bond donors (Lipinski definition) is 0. The van der Waals surface area contributed by atoms with Gasteiger partial charge in [0, 0.05) is 0 Å². The molecule has 0 aromatic heterocycles. The van der Waals surface area contributed by atoms with Gasteiger partial charge in [0.2, 0.25) is 0 Å². The van der Waals surface area contributed by atoms with Crippen LogP contribution in [0.3, 0.4) is 0 Å². The Labute approximate surface area is 41.6 Å². The van der Waals surface area contributed by atoms with Gasteiger partial charge < -0.3 is 5.48 Å². The summed E-state index contributed by atoms with van der Waals surface area (Å²) in [6.45, 7) is 0. The maximum atomic E-state index is 8.19. The quantitative estimate of drug-likeness (QED) is 0.436. The molecule has 0 atom stereocenters. The molecule has 0 amide bonds. The Morgan fingerprint density at radius 1 is 1.00 bits per heavy atom. The van der Waals surface area contributed by atoms with E-state index in [0.717, 1.165) is 16.8 Å². The molecule has 0 aliphatic heterocycles. The van der Waals surface area contributed by atoms with E-state index in [2.05, 4.69) is 0 Å². The molecule has 0 saturated heterocycles. The van der Waals surface area contributed by atoms with Crippen molar-refractivity contribution in [2.45, 2.75) is 14.9 Å².